The van der Waals surface area contributed by atoms with Gasteiger partial charge in [0, 0.05) is 6.21 Å². The predicted octanol–water partition coefficient (Wildman–Crippen LogP) is 2.47. The molecule has 0 heterocycles. The first-order valence-corrected chi connectivity index (χ1v) is 4.68. The van der Waals surface area contributed by atoms with Crippen LogP contribution in [0.15, 0.2) is 17.8 Å². The Balaban J connectivity index is 2.36. The van der Waals surface area contributed by atoms with Crippen LogP contribution in [0, 0.1) is 0 Å². The fourth-order valence-electron chi connectivity index (χ4n) is 1.69. The first-order chi connectivity index (χ1) is 5.77. The zero-order valence-electron chi connectivity index (χ0n) is 7.84. The van der Waals surface area contributed by atoms with E-state index in [4.69, 9.17) is 0 Å². The van der Waals surface area contributed by atoms with E-state index in [0.717, 1.165) is 0 Å². The van der Waals surface area contributed by atoms with Crippen molar-refractivity contribution in [3.8, 4) is 0 Å². The van der Waals surface area contributed by atoms with Crippen LogP contribution >= 0.6 is 0 Å². The molecule has 68 valence electrons. The molecule has 2 nitrogen and oxygen atoms in total. The van der Waals surface area contributed by atoms with Crippen LogP contribution in [0.4, 0.5) is 0 Å². The van der Waals surface area contributed by atoms with Gasteiger partial charge in [0.2, 0.25) is 0 Å². The Morgan fingerprint density at radius 1 is 1.33 bits per heavy atom. The number of hydrogen-bond donors (Lipinski definition) is 1. The summed E-state index contributed by atoms with van der Waals surface area (Å²) in [7, 11) is 0. The predicted molar refractivity (Wildman–Crippen MR) is 53.3 cm³/mol. The van der Waals surface area contributed by atoms with Crippen LogP contribution in [0.3, 0.4) is 0 Å². The van der Waals surface area contributed by atoms with E-state index in [9.17, 15) is 0 Å². The van der Waals surface area contributed by atoms with E-state index < -0.39 is 0 Å². The van der Waals surface area contributed by atoms with Crippen molar-refractivity contribution in [2.75, 3.05) is 0 Å². The maximum Gasteiger partial charge on any atom is 0.0520 e. The second-order valence-electron chi connectivity index (χ2n) is 3.75. The van der Waals surface area contributed by atoms with E-state index in [0.29, 0.717) is 0 Å². The van der Waals surface area contributed by atoms with Crippen LogP contribution in [-0.4, -0.2) is 11.8 Å². The van der Waals surface area contributed by atoms with Crippen LogP contribution in [-0.2, 0) is 0 Å². The fraction of sp³-hybridized carbons (Fsp3) is 0.700. The van der Waals surface area contributed by atoms with E-state index >= 15 is 0 Å². The van der Waals surface area contributed by atoms with Crippen LogP contribution in [0.5, 0.6) is 0 Å². The summed E-state index contributed by atoms with van der Waals surface area (Å²) in [5.41, 5.74) is 3.43. The lowest BCUT2D eigenvalue weighted by Crippen LogP contribution is -2.40. The van der Waals surface area contributed by atoms with Gasteiger partial charge in [-0.05, 0) is 25.8 Å². The largest absolute Gasteiger partial charge is 0.304 e. The molecule has 0 atom stereocenters. The van der Waals surface area contributed by atoms with Gasteiger partial charge in [-0.25, -0.2) is 0 Å². The maximum absolute atomic E-state index is 4.09. The number of hydrazone groups is 1. The Morgan fingerprint density at radius 3 is 2.58 bits per heavy atom. The van der Waals surface area contributed by atoms with Gasteiger partial charge >= 0.3 is 0 Å². The van der Waals surface area contributed by atoms with E-state index in [1.165, 1.54) is 32.1 Å². The number of nitrogens with zero attached hydrogens (tertiary/aromatic N) is 1. The van der Waals surface area contributed by atoms with Gasteiger partial charge in [0.25, 0.3) is 0 Å². The normalized spacial score (nSPS) is 22.4. The molecule has 12 heavy (non-hydrogen) atoms. The van der Waals surface area contributed by atoms with Crippen molar-refractivity contribution in [1.82, 2.24) is 5.43 Å². The zero-order chi connectivity index (χ0) is 8.86. The third kappa shape index (κ3) is 2.68. The van der Waals surface area contributed by atoms with Crippen molar-refractivity contribution >= 4 is 6.21 Å². The lowest BCUT2D eigenvalue weighted by Gasteiger charge is -2.32. The van der Waals surface area contributed by atoms with Gasteiger partial charge in [-0.3, -0.25) is 0 Å². The molecule has 0 saturated heterocycles. The Morgan fingerprint density at radius 2 is 2.00 bits per heavy atom. The van der Waals surface area contributed by atoms with Crippen molar-refractivity contribution < 1.29 is 0 Å². The Bertz CT molecular complexity index is 167. The van der Waals surface area contributed by atoms with Crippen LogP contribution in [0.25, 0.3) is 0 Å². The minimum absolute atomic E-state index is 0.234. The van der Waals surface area contributed by atoms with E-state index in [1.54, 1.807) is 12.3 Å². The topological polar surface area (TPSA) is 24.4 Å². The molecule has 2 heteroatoms. The molecule has 0 aromatic carbocycles. The summed E-state index contributed by atoms with van der Waals surface area (Å²) in [4.78, 5) is 0. The van der Waals surface area contributed by atoms with Gasteiger partial charge in [-0.15, -0.1) is 0 Å². The molecule has 1 aliphatic rings. The SMILES string of the molecule is C=CC=NNC1(C)CCCCC1. The number of allylic oxidation sites excluding steroid dienone is 1. The molecule has 1 rings (SSSR count). The average molecular weight is 166 g/mol. The molecule has 0 bridgehead atoms. The van der Waals surface area contributed by atoms with E-state index in [1.807, 2.05) is 0 Å². The summed E-state index contributed by atoms with van der Waals surface area (Å²) in [5, 5.41) is 4.09. The third-order valence-corrected chi connectivity index (χ3v) is 2.47. The smallest absolute Gasteiger partial charge is 0.0520 e. The average Bonchev–Trinajstić information content (AvgIpc) is 2.06. The minimum atomic E-state index is 0.234. The molecular weight excluding hydrogens is 148 g/mol. The van der Waals surface area contributed by atoms with E-state index in [-0.39, 0.29) is 5.54 Å². The van der Waals surface area contributed by atoms with Gasteiger partial charge in [-0.1, -0.05) is 25.8 Å². The van der Waals surface area contributed by atoms with Gasteiger partial charge in [0.05, 0.1) is 5.54 Å². The van der Waals surface area contributed by atoms with Gasteiger partial charge < -0.3 is 5.43 Å². The van der Waals surface area contributed by atoms with Crippen molar-refractivity contribution in [3.05, 3.63) is 12.7 Å². The Labute approximate surface area is 74.7 Å². The Hall–Kier alpha value is -0.790. The van der Waals surface area contributed by atoms with Crippen LogP contribution in [0.2, 0.25) is 0 Å². The molecule has 0 aromatic heterocycles. The second kappa shape index (κ2) is 4.29. The molecule has 0 aliphatic heterocycles. The first-order valence-electron chi connectivity index (χ1n) is 4.68. The molecule has 1 N–H and O–H groups in total. The highest BCUT2D eigenvalue weighted by molar-refractivity contribution is 5.69. The summed E-state index contributed by atoms with van der Waals surface area (Å²) >= 11 is 0. The number of hydrogen-bond acceptors (Lipinski definition) is 2. The summed E-state index contributed by atoms with van der Waals surface area (Å²) in [6.07, 6.45) is 9.91. The minimum Gasteiger partial charge on any atom is -0.304 e. The lowest BCUT2D eigenvalue weighted by molar-refractivity contribution is 0.259. The highest BCUT2D eigenvalue weighted by Gasteiger charge is 2.25. The van der Waals surface area contributed by atoms with Gasteiger partial charge in [-0.2, -0.15) is 5.10 Å². The number of nitrogens with one attached hydrogen (secondary N) is 1. The van der Waals surface area contributed by atoms with Crippen molar-refractivity contribution in [2.45, 2.75) is 44.6 Å². The molecule has 0 spiro atoms. The molecule has 0 unspecified atom stereocenters. The Kier molecular flexibility index (Phi) is 3.32. The standard InChI is InChI=1S/C10H18N2/c1-3-9-11-12-10(2)7-5-4-6-8-10/h3,9,12H,1,4-8H2,2H3. The van der Waals surface area contributed by atoms with Crippen LogP contribution < -0.4 is 5.43 Å². The molecule has 0 amide bonds. The van der Waals surface area contributed by atoms with Crippen molar-refractivity contribution in [3.63, 3.8) is 0 Å². The van der Waals surface area contributed by atoms with Gasteiger partial charge in [0.15, 0.2) is 0 Å². The summed E-state index contributed by atoms with van der Waals surface area (Å²) in [6.45, 7) is 5.82. The zero-order valence-corrected chi connectivity index (χ0v) is 7.84. The summed E-state index contributed by atoms with van der Waals surface area (Å²) in [5.74, 6) is 0. The van der Waals surface area contributed by atoms with Crippen molar-refractivity contribution in [1.29, 1.82) is 0 Å². The molecule has 1 fully saturated rings. The molecule has 1 saturated carbocycles. The lowest BCUT2D eigenvalue weighted by atomic mass is 9.84. The maximum atomic E-state index is 4.09. The van der Waals surface area contributed by atoms with Crippen molar-refractivity contribution in [2.24, 2.45) is 5.10 Å². The van der Waals surface area contributed by atoms with Gasteiger partial charge in [0.1, 0.15) is 0 Å². The monoisotopic (exact) mass is 166 g/mol. The third-order valence-electron chi connectivity index (χ3n) is 2.47. The summed E-state index contributed by atoms with van der Waals surface area (Å²) in [6, 6.07) is 0. The molecule has 1 aliphatic carbocycles. The molecule has 0 radical (unpaired) electrons. The summed E-state index contributed by atoms with van der Waals surface area (Å²) < 4.78 is 0. The molecule has 0 aromatic rings. The van der Waals surface area contributed by atoms with Crippen LogP contribution in [0.1, 0.15) is 39.0 Å². The highest BCUT2D eigenvalue weighted by Crippen LogP contribution is 2.27. The number of rotatable bonds is 3. The van der Waals surface area contributed by atoms with E-state index in [2.05, 4.69) is 24.0 Å². The highest BCUT2D eigenvalue weighted by atomic mass is 15.3. The second-order valence-corrected chi connectivity index (χ2v) is 3.75. The quantitative estimate of drug-likeness (QED) is 0.505. The molecular formula is C10H18N2. The first kappa shape index (κ1) is 9.30. The fourth-order valence-corrected chi connectivity index (χ4v) is 1.69.